The number of methoxy groups -OCH3 is 1. The first-order valence-electron chi connectivity index (χ1n) is 11.8. The summed E-state index contributed by atoms with van der Waals surface area (Å²) in [7, 11) is 1.55. The van der Waals surface area contributed by atoms with E-state index < -0.39 is 17.7 Å². The van der Waals surface area contributed by atoms with Crippen LogP contribution in [0.15, 0.2) is 9.59 Å². The van der Waals surface area contributed by atoms with Gasteiger partial charge in [-0.05, 0) is 46.1 Å². The molecule has 0 aromatic carbocycles. The van der Waals surface area contributed by atoms with Crippen LogP contribution in [-0.2, 0) is 22.6 Å². The third-order valence-corrected chi connectivity index (χ3v) is 7.29. The summed E-state index contributed by atoms with van der Waals surface area (Å²) in [6, 6.07) is -1.02. The lowest BCUT2D eigenvalue weighted by Gasteiger charge is -2.24. The van der Waals surface area contributed by atoms with Gasteiger partial charge in [0.2, 0.25) is 0 Å². The van der Waals surface area contributed by atoms with Crippen molar-refractivity contribution >= 4 is 33.7 Å². The number of aromatic nitrogens is 2. The van der Waals surface area contributed by atoms with Crippen molar-refractivity contribution in [1.82, 2.24) is 19.6 Å². The van der Waals surface area contributed by atoms with Crippen LogP contribution in [0.3, 0.4) is 0 Å². The van der Waals surface area contributed by atoms with Crippen molar-refractivity contribution in [2.75, 3.05) is 13.7 Å². The van der Waals surface area contributed by atoms with Crippen LogP contribution in [0, 0.1) is 6.92 Å². The van der Waals surface area contributed by atoms with E-state index in [9.17, 15) is 19.2 Å². The lowest BCUT2D eigenvalue weighted by molar-refractivity contribution is 0.0376. The second-order valence-corrected chi connectivity index (χ2v) is 10.8. The average Bonchev–Trinajstić information content (AvgIpc) is 3.08. The normalized spacial score (nSPS) is 14.8. The Bertz CT molecular complexity index is 1200. The van der Waals surface area contributed by atoms with Crippen molar-refractivity contribution in [1.29, 1.82) is 0 Å². The number of nitrogens with zero attached hydrogens (tertiary/aromatic N) is 3. The fourth-order valence-electron chi connectivity index (χ4n) is 4.33. The number of carbonyl (C=O) groups is 2. The maximum absolute atomic E-state index is 13.6. The average molecular weight is 510 g/mol. The van der Waals surface area contributed by atoms with Crippen molar-refractivity contribution in [3.8, 4) is 0 Å². The second-order valence-electron chi connectivity index (χ2n) is 9.76. The third kappa shape index (κ3) is 6.04. The van der Waals surface area contributed by atoms with Gasteiger partial charge in [-0.2, -0.15) is 0 Å². The standard InChI is InChI=1S/C23H35N5O6S/c1-14-16(13-27(20(24)30)25-21(31)34-23(2,3)4)35-19-17(14)18(29)28(15-9-7-6-8-10-15)22(32)26(19)11-12-33-5/h15H,6-13H2,1-5H3,(H2,24,30)(H,25,31). The highest BCUT2D eigenvalue weighted by Crippen LogP contribution is 2.31. The summed E-state index contributed by atoms with van der Waals surface area (Å²) < 4.78 is 13.4. The topological polar surface area (TPSA) is 138 Å². The monoisotopic (exact) mass is 509 g/mol. The van der Waals surface area contributed by atoms with Gasteiger partial charge < -0.3 is 15.2 Å². The van der Waals surface area contributed by atoms with E-state index in [0.29, 0.717) is 27.3 Å². The maximum atomic E-state index is 13.6. The number of carbonyl (C=O) groups excluding carboxylic acids is 2. The molecule has 194 valence electrons. The van der Waals surface area contributed by atoms with Crippen molar-refractivity contribution in [3.05, 3.63) is 31.3 Å². The van der Waals surface area contributed by atoms with Crippen LogP contribution in [0.4, 0.5) is 9.59 Å². The lowest BCUT2D eigenvalue weighted by atomic mass is 9.95. The SMILES string of the molecule is COCCn1c(=O)n(C2CCCCC2)c(=O)c2c(C)c(CN(NC(=O)OC(C)(C)C)C(N)=O)sc21. The first kappa shape index (κ1) is 26.7. The van der Waals surface area contributed by atoms with Crippen molar-refractivity contribution in [2.45, 2.75) is 84.5 Å². The Morgan fingerprint density at radius 3 is 2.43 bits per heavy atom. The highest BCUT2D eigenvalue weighted by atomic mass is 32.1. The summed E-state index contributed by atoms with van der Waals surface area (Å²) in [6.07, 6.45) is 3.80. The molecular weight excluding hydrogens is 474 g/mol. The lowest BCUT2D eigenvalue weighted by Crippen LogP contribution is -2.49. The van der Waals surface area contributed by atoms with E-state index in [-0.39, 0.29) is 30.4 Å². The number of primary amides is 1. The summed E-state index contributed by atoms with van der Waals surface area (Å²) in [5, 5.41) is 1.37. The molecule has 3 amide bonds. The number of aryl methyl sites for hydroxylation is 1. The number of amides is 3. The largest absolute Gasteiger partial charge is 0.443 e. The number of ether oxygens (including phenoxy) is 2. The smallest absolute Gasteiger partial charge is 0.426 e. The molecule has 1 aliphatic carbocycles. The van der Waals surface area contributed by atoms with Gasteiger partial charge in [0.15, 0.2) is 0 Å². The number of hydrogen-bond acceptors (Lipinski definition) is 7. The minimum Gasteiger partial charge on any atom is -0.443 e. The molecule has 0 unspecified atom stereocenters. The number of thiophene rings is 1. The van der Waals surface area contributed by atoms with Gasteiger partial charge in [0.25, 0.3) is 5.56 Å². The molecule has 2 aromatic heterocycles. The molecule has 0 saturated heterocycles. The molecule has 2 aromatic rings. The number of urea groups is 1. The van der Waals surface area contributed by atoms with Gasteiger partial charge in [0.1, 0.15) is 10.4 Å². The molecule has 0 radical (unpaired) electrons. The zero-order valence-electron chi connectivity index (χ0n) is 21.0. The Morgan fingerprint density at radius 2 is 1.86 bits per heavy atom. The van der Waals surface area contributed by atoms with Crippen LogP contribution in [0.1, 0.15) is 69.4 Å². The molecular formula is C23H35N5O6S. The van der Waals surface area contributed by atoms with Crippen LogP contribution in [0.2, 0.25) is 0 Å². The van der Waals surface area contributed by atoms with E-state index in [1.807, 2.05) is 0 Å². The van der Waals surface area contributed by atoms with Crippen LogP contribution >= 0.6 is 11.3 Å². The number of nitrogens with two attached hydrogens (primary N) is 1. The molecule has 1 saturated carbocycles. The Balaban J connectivity index is 2.07. The molecule has 35 heavy (non-hydrogen) atoms. The predicted molar refractivity (Wildman–Crippen MR) is 134 cm³/mol. The van der Waals surface area contributed by atoms with Crippen LogP contribution < -0.4 is 22.4 Å². The fraction of sp³-hybridized carbons (Fsp3) is 0.652. The van der Waals surface area contributed by atoms with Gasteiger partial charge >= 0.3 is 17.8 Å². The van der Waals surface area contributed by atoms with Gasteiger partial charge in [-0.3, -0.25) is 13.9 Å². The van der Waals surface area contributed by atoms with Gasteiger partial charge in [-0.25, -0.2) is 24.8 Å². The Hall–Kier alpha value is -2.86. The molecule has 0 spiro atoms. The molecule has 3 N–H and O–H groups in total. The Morgan fingerprint density at radius 1 is 1.20 bits per heavy atom. The quantitative estimate of drug-likeness (QED) is 0.574. The molecule has 1 fully saturated rings. The van der Waals surface area contributed by atoms with Crippen LogP contribution in [0.25, 0.3) is 10.2 Å². The molecule has 3 rings (SSSR count). The molecule has 0 atom stereocenters. The van der Waals surface area contributed by atoms with Crippen molar-refractivity contribution in [2.24, 2.45) is 5.73 Å². The van der Waals surface area contributed by atoms with E-state index in [4.69, 9.17) is 15.2 Å². The predicted octanol–water partition coefficient (Wildman–Crippen LogP) is 3.01. The van der Waals surface area contributed by atoms with E-state index in [1.165, 1.54) is 15.9 Å². The van der Waals surface area contributed by atoms with Crippen molar-refractivity contribution < 1.29 is 19.1 Å². The highest BCUT2D eigenvalue weighted by molar-refractivity contribution is 7.18. The zero-order valence-corrected chi connectivity index (χ0v) is 21.8. The molecule has 11 nitrogen and oxygen atoms in total. The minimum absolute atomic E-state index is 0.0822. The van der Waals surface area contributed by atoms with Crippen LogP contribution in [-0.4, -0.2) is 45.6 Å². The summed E-state index contributed by atoms with van der Waals surface area (Å²) >= 11 is 1.22. The zero-order chi connectivity index (χ0) is 25.9. The van der Waals surface area contributed by atoms with E-state index in [1.54, 1.807) is 39.4 Å². The van der Waals surface area contributed by atoms with E-state index >= 15 is 0 Å². The third-order valence-electron chi connectivity index (χ3n) is 5.99. The summed E-state index contributed by atoms with van der Waals surface area (Å²) in [5.41, 5.74) is 7.07. The van der Waals surface area contributed by atoms with Crippen molar-refractivity contribution in [3.63, 3.8) is 0 Å². The van der Waals surface area contributed by atoms with E-state index in [0.717, 1.165) is 37.1 Å². The van der Waals surface area contributed by atoms with Gasteiger partial charge in [0, 0.05) is 18.0 Å². The first-order chi connectivity index (χ1) is 16.4. The van der Waals surface area contributed by atoms with Gasteiger partial charge in [0.05, 0.1) is 25.1 Å². The number of rotatable bonds is 6. The molecule has 0 aliphatic heterocycles. The molecule has 2 heterocycles. The fourth-order valence-corrected chi connectivity index (χ4v) is 5.63. The number of nitrogens with one attached hydrogen (secondary N) is 1. The second kappa shape index (κ2) is 10.8. The van der Waals surface area contributed by atoms with Gasteiger partial charge in [-0.1, -0.05) is 19.3 Å². The van der Waals surface area contributed by atoms with Crippen LogP contribution in [0.5, 0.6) is 0 Å². The molecule has 0 bridgehead atoms. The first-order valence-corrected chi connectivity index (χ1v) is 12.6. The maximum Gasteiger partial charge on any atom is 0.426 e. The molecule has 12 heteroatoms. The Kier molecular flexibility index (Phi) is 8.26. The number of fused-ring (bicyclic) bond motifs is 1. The summed E-state index contributed by atoms with van der Waals surface area (Å²) in [6.45, 7) is 7.39. The summed E-state index contributed by atoms with van der Waals surface area (Å²) in [4.78, 5) is 52.5. The Labute approximate surface area is 207 Å². The molecule has 1 aliphatic rings. The summed E-state index contributed by atoms with van der Waals surface area (Å²) in [5.74, 6) is 0. The highest BCUT2D eigenvalue weighted by Gasteiger charge is 2.27. The van der Waals surface area contributed by atoms with E-state index in [2.05, 4.69) is 5.43 Å². The number of hydrogen-bond donors (Lipinski definition) is 2. The minimum atomic E-state index is -0.885. The van der Waals surface area contributed by atoms with Gasteiger partial charge in [-0.15, -0.1) is 11.3 Å². The number of hydrazine groups is 1.